The minimum atomic E-state index is -0.396. The maximum atomic E-state index is 13.0. The third-order valence-electron chi connectivity index (χ3n) is 3.88. The number of amides is 1. The fourth-order valence-corrected chi connectivity index (χ4v) is 2.82. The average molecular weight is 334 g/mol. The van der Waals surface area contributed by atoms with Gasteiger partial charge in [0.2, 0.25) is 0 Å². The highest BCUT2D eigenvalue weighted by Gasteiger charge is 2.19. The number of nitrogens with zero attached hydrogens (tertiary/aromatic N) is 1. The summed E-state index contributed by atoms with van der Waals surface area (Å²) in [5.41, 5.74) is 1.61. The van der Waals surface area contributed by atoms with Gasteiger partial charge in [0.05, 0.1) is 5.02 Å². The second-order valence-electron chi connectivity index (χ2n) is 5.56. The molecule has 3 nitrogen and oxygen atoms in total. The zero-order valence-electron chi connectivity index (χ0n) is 12.6. The van der Waals surface area contributed by atoms with Crippen molar-refractivity contribution in [3.63, 3.8) is 0 Å². The van der Waals surface area contributed by atoms with Crippen LogP contribution < -0.4 is 4.74 Å². The number of hydrogen-bond acceptors (Lipinski definition) is 2. The normalized spacial score (nSPS) is 14.1. The van der Waals surface area contributed by atoms with Crippen LogP contribution in [0.1, 0.15) is 28.8 Å². The Hall–Kier alpha value is -2.07. The molecule has 0 radical (unpaired) electrons. The quantitative estimate of drug-likeness (QED) is 0.835. The summed E-state index contributed by atoms with van der Waals surface area (Å²) in [6, 6.07) is 11.4. The molecule has 0 aliphatic carbocycles. The molecule has 0 saturated carbocycles. The standard InChI is InChI=1S/C18H17ClFNO2/c19-16-11-15(20)7-8-17(16)23-12-13-3-5-14(6-4-13)18(22)21-9-1-2-10-21/h3-8,11H,1-2,9-10,12H2. The fourth-order valence-electron chi connectivity index (χ4n) is 2.60. The number of rotatable bonds is 4. The van der Waals surface area contributed by atoms with Gasteiger partial charge in [-0.15, -0.1) is 0 Å². The molecule has 0 N–H and O–H groups in total. The minimum Gasteiger partial charge on any atom is -0.487 e. The van der Waals surface area contributed by atoms with Crippen LogP contribution in [-0.4, -0.2) is 23.9 Å². The van der Waals surface area contributed by atoms with Crippen LogP contribution in [0.5, 0.6) is 5.75 Å². The second kappa shape index (κ2) is 7.01. The zero-order valence-corrected chi connectivity index (χ0v) is 13.4. The lowest BCUT2D eigenvalue weighted by Crippen LogP contribution is -2.27. The Balaban J connectivity index is 1.62. The van der Waals surface area contributed by atoms with Crippen LogP contribution in [0.4, 0.5) is 4.39 Å². The Morgan fingerprint density at radius 2 is 1.83 bits per heavy atom. The summed E-state index contributed by atoms with van der Waals surface area (Å²) in [4.78, 5) is 14.1. The lowest BCUT2D eigenvalue weighted by Gasteiger charge is -2.15. The predicted molar refractivity (Wildman–Crippen MR) is 87.3 cm³/mol. The first-order valence-electron chi connectivity index (χ1n) is 7.59. The monoisotopic (exact) mass is 333 g/mol. The third kappa shape index (κ3) is 3.82. The highest BCUT2D eigenvalue weighted by Crippen LogP contribution is 2.25. The number of benzene rings is 2. The first-order chi connectivity index (χ1) is 11.1. The SMILES string of the molecule is O=C(c1ccc(COc2ccc(F)cc2Cl)cc1)N1CCCC1. The van der Waals surface area contributed by atoms with Gasteiger partial charge in [-0.1, -0.05) is 23.7 Å². The minimum absolute atomic E-state index is 0.0801. The van der Waals surface area contributed by atoms with Crippen molar-refractivity contribution in [1.29, 1.82) is 0 Å². The molecule has 2 aromatic carbocycles. The molecule has 2 aromatic rings. The van der Waals surface area contributed by atoms with Crippen LogP contribution in [0.15, 0.2) is 42.5 Å². The van der Waals surface area contributed by atoms with E-state index in [1.54, 1.807) is 0 Å². The Morgan fingerprint density at radius 1 is 1.13 bits per heavy atom. The van der Waals surface area contributed by atoms with E-state index in [0.29, 0.717) is 17.9 Å². The molecule has 120 valence electrons. The van der Waals surface area contributed by atoms with Crippen LogP contribution in [0.3, 0.4) is 0 Å². The van der Waals surface area contributed by atoms with Crippen molar-refractivity contribution in [2.75, 3.05) is 13.1 Å². The lowest BCUT2D eigenvalue weighted by atomic mass is 10.1. The largest absolute Gasteiger partial charge is 0.487 e. The van der Waals surface area contributed by atoms with E-state index in [-0.39, 0.29) is 10.9 Å². The first-order valence-corrected chi connectivity index (χ1v) is 7.97. The average Bonchev–Trinajstić information content (AvgIpc) is 3.08. The van der Waals surface area contributed by atoms with E-state index < -0.39 is 5.82 Å². The molecular formula is C18H17ClFNO2. The van der Waals surface area contributed by atoms with Gasteiger partial charge in [-0.2, -0.15) is 0 Å². The van der Waals surface area contributed by atoms with Gasteiger partial charge in [0.25, 0.3) is 5.91 Å². The number of hydrogen-bond donors (Lipinski definition) is 0. The van der Waals surface area contributed by atoms with Crippen molar-refractivity contribution >= 4 is 17.5 Å². The lowest BCUT2D eigenvalue weighted by molar-refractivity contribution is 0.0793. The summed E-state index contributed by atoms with van der Waals surface area (Å²) in [6.07, 6.45) is 2.16. The number of carbonyl (C=O) groups excluding carboxylic acids is 1. The topological polar surface area (TPSA) is 29.5 Å². The van der Waals surface area contributed by atoms with Gasteiger partial charge in [0.1, 0.15) is 18.2 Å². The van der Waals surface area contributed by atoms with E-state index in [0.717, 1.165) is 31.5 Å². The predicted octanol–water partition coefficient (Wildman–Crippen LogP) is 4.29. The van der Waals surface area contributed by atoms with Crippen LogP contribution >= 0.6 is 11.6 Å². The summed E-state index contributed by atoms with van der Waals surface area (Å²) < 4.78 is 18.6. The zero-order chi connectivity index (χ0) is 16.2. The summed E-state index contributed by atoms with van der Waals surface area (Å²) in [6.45, 7) is 1.99. The van der Waals surface area contributed by atoms with Gasteiger partial charge in [0, 0.05) is 18.7 Å². The smallest absolute Gasteiger partial charge is 0.253 e. The molecular weight excluding hydrogens is 317 g/mol. The molecule has 1 aliphatic rings. The Labute approximate surface area is 139 Å². The highest BCUT2D eigenvalue weighted by molar-refractivity contribution is 6.32. The number of likely N-dealkylation sites (tertiary alicyclic amines) is 1. The number of halogens is 2. The van der Waals surface area contributed by atoms with E-state index in [4.69, 9.17) is 16.3 Å². The van der Waals surface area contributed by atoms with Crippen LogP contribution in [0.2, 0.25) is 5.02 Å². The van der Waals surface area contributed by atoms with Crippen molar-refractivity contribution in [3.8, 4) is 5.75 Å². The maximum Gasteiger partial charge on any atom is 0.253 e. The molecule has 3 rings (SSSR count). The first kappa shape index (κ1) is 15.8. The molecule has 0 unspecified atom stereocenters. The number of ether oxygens (including phenoxy) is 1. The molecule has 0 bridgehead atoms. The van der Waals surface area contributed by atoms with Gasteiger partial charge in [-0.25, -0.2) is 4.39 Å². The molecule has 1 fully saturated rings. The van der Waals surface area contributed by atoms with E-state index in [1.165, 1.54) is 18.2 Å². The molecule has 1 amide bonds. The summed E-state index contributed by atoms with van der Waals surface area (Å²) >= 11 is 5.92. The Kier molecular flexibility index (Phi) is 4.82. The van der Waals surface area contributed by atoms with E-state index in [1.807, 2.05) is 29.2 Å². The highest BCUT2D eigenvalue weighted by atomic mass is 35.5. The number of carbonyl (C=O) groups is 1. The van der Waals surface area contributed by atoms with Gasteiger partial charge >= 0.3 is 0 Å². The molecule has 5 heteroatoms. The molecule has 1 aliphatic heterocycles. The van der Waals surface area contributed by atoms with Crippen molar-refractivity contribution in [3.05, 3.63) is 64.4 Å². The van der Waals surface area contributed by atoms with Crippen LogP contribution in [0.25, 0.3) is 0 Å². The molecule has 0 aromatic heterocycles. The molecule has 0 atom stereocenters. The van der Waals surface area contributed by atoms with Gasteiger partial charge in [-0.05, 0) is 48.7 Å². The summed E-state index contributed by atoms with van der Waals surface area (Å²) in [7, 11) is 0. The van der Waals surface area contributed by atoms with E-state index in [9.17, 15) is 9.18 Å². The van der Waals surface area contributed by atoms with Gasteiger partial charge < -0.3 is 9.64 Å². The molecule has 1 saturated heterocycles. The van der Waals surface area contributed by atoms with Crippen molar-refractivity contribution in [2.24, 2.45) is 0 Å². The van der Waals surface area contributed by atoms with Crippen LogP contribution in [0, 0.1) is 5.82 Å². The Morgan fingerprint density at radius 3 is 2.48 bits per heavy atom. The van der Waals surface area contributed by atoms with Crippen molar-refractivity contribution < 1.29 is 13.9 Å². The van der Waals surface area contributed by atoms with E-state index >= 15 is 0 Å². The van der Waals surface area contributed by atoms with Crippen LogP contribution in [-0.2, 0) is 6.61 Å². The Bertz CT molecular complexity index is 697. The molecule has 23 heavy (non-hydrogen) atoms. The maximum absolute atomic E-state index is 13.0. The van der Waals surface area contributed by atoms with Gasteiger partial charge in [0.15, 0.2) is 0 Å². The fraction of sp³-hybridized carbons (Fsp3) is 0.278. The summed E-state index contributed by atoms with van der Waals surface area (Å²) in [5.74, 6) is 0.119. The van der Waals surface area contributed by atoms with E-state index in [2.05, 4.69) is 0 Å². The van der Waals surface area contributed by atoms with Crippen molar-refractivity contribution in [1.82, 2.24) is 4.90 Å². The molecule has 1 heterocycles. The third-order valence-corrected chi connectivity index (χ3v) is 4.18. The summed E-state index contributed by atoms with van der Waals surface area (Å²) in [5, 5.41) is 0.242. The second-order valence-corrected chi connectivity index (χ2v) is 5.97. The van der Waals surface area contributed by atoms with Crippen molar-refractivity contribution in [2.45, 2.75) is 19.4 Å². The van der Waals surface area contributed by atoms with Gasteiger partial charge in [-0.3, -0.25) is 4.79 Å². The molecule has 0 spiro atoms.